The van der Waals surface area contributed by atoms with Crippen molar-refractivity contribution in [2.24, 2.45) is 5.92 Å². The summed E-state index contributed by atoms with van der Waals surface area (Å²) in [5.41, 5.74) is 1.43. The lowest BCUT2D eigenvalue weighted by molar-refractivity contribution is 0.281. The third-order valence-corrected chi connectivity index (χ3v) is 7.30. The first-order valence-electron chi connectivity index (χ1n) is 7.22. The largest absolute Gasteiger partial charge is 0.392 e. The van der Waals surface area contributed by atoms with Crippen LogP contribution in [-0.2, 0) is 16.6 Å². The van der Waals surface area contributed by atoms with Crippen LogP contribution in [0.1, 0.15) is 36.8 Å². The summed E-state index contributed by atoms with van der Waals surface area (Å²) in [5, 5.41) is 9.29. The van der Waals surface area contributed by atoms with Crippen molar-refractivity contribution in [3.8, 4) is 0 Å². The van der Waals surface area contributed by atoms with Gasteiger partial charge in [0.05, 0.1) is 11.5 Å². The molecule has 1 saturated carbocycles. The van der Waals surface area contributed by atoms with Crippen LogP contribution in [0.25, 0.3) is 0 Å². The molecule has 0 heterocycles. The van der Waals surface area contributed by atoms with E-state index in [9.17, 15) is 13.5 Å². The summed E-state index contributed by atoms with van der Waals surface area (Å²) < 4.78 is 27.6. The smallest absolute Gasteiger partial charge is 0.243 e. The van der Waals surface area contributed by atoms with Crippen molar-refractivity contribution < 1.29 is 13.5 Å². The maximum Gasteiger partial charge on any atom is 0.243 e. The van der Waals surface area contributed by atoms with Crippen LogP contribution in [0.5, 0.6) is 0 Å². The number of hydrogen-bond acceptors (Lipinski definition) is 3. The predicted octanol–water partition coefficient (Wildman–Crippen LogP) is 3.06. The molecule has 1 aliphatic carbocycles. The third kappa shape index (κ3) is 3.67. The van der Waals surface area contributed by atoms with Crippen LogP contribution in [0.4, 0.5) is 0 Å². The van der Waals surface area contributed by atoms with Crippen molar-refractivity contribution in [1.82, 2.24) is 4.31 Å². The van der Waals surface area contributed by atoms with E-state index in [2.05, 4.69) is 15.9 Å². The molecular weight excluding hydrogens is 354 g/mol. The van der Waals surface area contributed by atoms with Crippen molar-refractivity contribution in [3.05, 3.63) is 27.7 Å². The molecule has 4 nitrogen and oxygen atoms in total. The third-order valence-electron chi connectivity index (χ3n) is 4.14. The highest BCUT2D eigenvalue weighted by atomic mass is 79.9. The fourth-order valence-corrected chi connectivity index (χ4v) is 5.18. The van der Waals surface area contributed by atoms with Crippen molar-refractivity contribution in [2.75, 3.05) is 13.6 Å². The van der Waals surface area contributed by atoms with Gasteiger partial charge in [-0.05, 0) is 58.8 Å². The molecular formula is C15H22BrNO3S. The van der Waals surface area contributed by atoms with Crippen molar-refractivity contribution in [3.63, 3.8) is 0 Å². The lowest BCUT2D eigenvalue weighted by Gasteiger charge is -2.22. The molecule has 0 radical (unpaired) electrons. The second kappa shape index (κ2) is 6.77. The molecule has 6 heteroatoms. The zero-order chi connectivity index (χ0) is 15.6. The Morgan fingerprint density at radius 3 is 2.52 bits per heavy atom. The highest BCUT2D eigenvalue weighted by molar-refractivity contribution is 9.10. The summed E-state index contributed by atoms with van der Waals surface area (Å²) in [5.74, 6) is 0.464. The second-order valence-corrected chi connectivity index (χ2v) is 8.63. The van der Waals surface area contributed by atoms with Crippen LogP contribution in [0.15, 0.2) is 21.5 Å². The van der Waals surface area contributed by atoms with Crippen molar-refractivity contribution in [1.29, 1.82) is 0 Å². The van der Waals surface area contributed by atoms with Gasteiger partial charge in [0, 0.05) is 18.1 Å². The number of nitrogens with zero attached hydrogens (tertiary/aromatic N) is 1. The van der Waals surface area contributed by atoms with Gasteiger partial charge in [0.1, 0.15) is 0 Å². The number of sulfonamides is 1. The average molecular weight is 376 g/mol. The highest BCUT2D eigenvalue weighted by Gasteiger charge is 2.28. The molecule has 1 fully saturated rings. The Labute approximate surface area is 135 Å². The van der Waals surface area contributed by atoms with Gasteiger partial charge in [-0.3, -0.25) is 0 Å². The molecule has 0 amide bonds. The van der Waals surface area contributed by atoms with E-state index in [1.807, 2.05) is 6.92 Å². The molecule has 1 aromatic rings. The summed E-state index contributed by atoms with van der Waals surface area (Å²) in [6.45, 7) is 2.24. The Morgan fingerprint density at radius 1 is 1.33 bits per heavy atom. The van der Waals surface area contributed by atoms with Crippen LogP contribution in [0.2, 0.25) is 0 Å². The molecule has 1 aromatic carbocycles. The van der Waals surface area contributed by atoms with E-state index in [1.54, 1.807) is 19.2 Å². The minimum atomic E-state index is -3.54. The highest BCUT2D eigenvalue weighted by Crippen LogP contribution is 2.31. The van der Waals surface area contributed by atoms with Crippen LogP contribution < -0.4 is 0 Å². The quantitative estimate of drug-likeness (QED) is 0.859. The number of hydrogen-bond donors (Lipinski definition) is 1. The summed E-state index contributed by atoms with van der Waals surface area (Å²) in [4.78, 5) is 0.243. The van der Waals surface area contributed by atoms with Gasteiger partial charge in [0.2, 0.25) is 10.0 Å². The van der Waals surface area contributed by atoms with Crippen LogP contribution in [0.3, 0.4) is 0 Å². The van der Waals surface area contributed by atoms with Crippen LogP contribution >= 0.6 is 15.9 Å². The maximum atomic E-state index is 12.8. The molecule has 2 rings (SSSR count). The lowest BCUT2D eigenvalue weighted by Crippen LogP contribution is -2.31. The Morgan fingerprint density at radius 2 is 1.95 bits per heavy atom. The van der Waals surface area contributed by atoms with E-state index in [4.69, 9.17) is 0 Å². The van der Waals surface area contributed by atoms with Crippen LogP contribution in [-0.4, -0.2) is 31.4 Å². The van der Waals surface area contributed by atoms with Gasteiger partial charge in [-0.15, -0.1) is 0 Å². The number of aliphatic hydroxyl groups is 1. The lowest BCUT2D eigenvalue weighted by atomic mass is 10.1. The molecule has 0 saturated heterocycles. The Kier molecular flexibility index (Phi) is 5.46. The normalized spacial score (nSPS) is 16.8. The van der Waals surface area contributed by atoms with E-state index in [-0.39, 0.29) is 11.5 Å². The molecule has 1 N–H and O–H groups in total. The minimum absolute atomic E-state index is 0.164. The van der Waals surface area contributed by atoms with Crippen LogP contribution in [0, 0.1) is 12.8 Å². The molecule has 118 valence electrons. The fourth-order valence-electron chi connectivity index (χ4n) is 2.91. The number of benzene rings is 1. The van der Waals surface area contributed by atoms with E-state index in [0.29, 0.717) is 22.5 Å². The minimum Gasteiger partial charge on any atom is -0.392 e. The summed E-state index contributed by atoms with van der Waals surface area (Å²) in [6.07, 6.45) is 4.61. The Balaban J connectivity index is 2.31. The molecule has 1 aliphatic rings. The van der Waals surface area contributed by atoms with Crippen molar-refractivity contribution in [2.45, 2.75) is 44.1 Å². The predicted molar refractivity (Wildman–Crippen MR) is 86.6 cm³/mol. The maximum absolute atomic E-state index is 12.8. The monoisotopic (exact) mass is 375 g/mol. The molecule has 0 unspecified atom stereocenters. The van der Waals surface area contributed by atoms with Gasteiger partial charge >= 0.3 is 0 Å². The zero-order valence-electron chi connectivity index (χ0n) is 12.5. The zero-order valence-corrected chi connectivity index (χ0v) is 14.9. The van der Waals surface area contributed by atoms with Gasteiger partial charge in [-0.2, -0.15) is 0 Å². The van der Waals surface area contributed by atoms with Gasteiger partial charge in [-0.25, -0.2) is 12.7 Å². The number of aliphatic hydroxyl groups excluding tert-OH is 1. The SMILES string of the molecule is Cc1cc(CO)cc(S(=O)(=O)N(C)CC2CCCC2)c1Br. The Bertz CT molecular complexity index is 610. The van der Waals surface area contributed by atoms with E-state index >= 15 is 0 Å². The molecule has 0 aromatic heterocycles. The summed E-state index contributed by atoms with van der Waals surface area (Å²) in [7, 11) is -1.90. The van der Waals surface area contributed by atoms with Crippen molar-refractivity contribution >= 4 is 26.0 Å². The van der Waals surface area contributed by atoms with Gasteiger partial charge in [0.15, 0.2) is 0 Å². The van der Waals surface area contributed by atoms with Gasteiger partial charge in [0.25, 0.3) is 0 Å². The summed E-state index contributed by atoms with van der Waals surface area (Å²) in [6, 6.07) is 3.34. The fraction of sp³-hybridized carbons (Fsp3) is 0.600. The van der Waals surface area contributed by atoms with Gasteiger partial charge in [-0.1, -0.05) is 18.9 Å². The summed E-state index contributed by atoms with van der Waals surface area (Å²) >= 11 is 3.37. The number of aryl methyl sites for hydroxylation is 1. The van der Waals surface area contributed by atoms with E-state index in [0.717, 1.165) is 18.4 Å². The first kappa shape index (κ1) is 16.9. The molecule has 0 atom stereocenters. The Hall–Kier alpha value is -0.430. The standard InChI is InChI=1S/C15H22BrNO3S/c1-11-7-13(10-18)8-14(15(11)16)21(19,20)17(2)9-12-5-3-4-6-12/h7-8,12,18H,3-6,9-10H2,1-2H3. The average Bonchev–Trinajstić information content (AvgIpc) is 2.94. The first-order valence-corrected chi connectivity index (χ1v) is 9.45. The van der Waals surface area contributed by atoms with E-state index in [1.165, 1.54) is 17.1 Å². The second-order valence-electron chi connectivity index (χ2n) is 5.82. The topological polar surface area (TPSA) is 57.6 Å². The molecule has 0 aliphatic heterocycles. The van der Waals surface area contributed by atoms with Gasteiger partial charge < -0.3 is 5.11 Å². The van der Waals surface area contributed by atoms with E-state index < -0.39 is 10.0 Å². The molecule has 0 spiro atoms. The number of halogens is 1. The molecule has 0 bridgehead atoms. The molecule has 21 heavy (non-hydrogen) atoms. The first-order chi connectivity index (χ1) is 9.86. The number of rotatable bonds is 5.